The molecule has 0 bridgehead atoms. The van der Waals surface area contributed by atoms with Gasteiger partial charge in [0.2, 0.25) is 0 Å². The van der Waals surface area contributed by atoms with Crippen molar-refractivity contribution in [3.05, 3.63) is 30.3 Å². The van der Waals surface area contributed by atoms with Crippen LogP contribution in [0.5, 0.6) is 5.75 Å². The third-order valence-corrected chi connectivity index (χ3v) is 5.77. The fourth-order valence-electron chi connectivity index (χ4n) is 4.44. The zero-order chi connectivity index (χ0) is 19.8. The zero-order valence-corrected chi connectivity index (χ0v) is 17.9. The van der Waals surface area contributed by atoms with Crippen molar-refractivity contribution in [3.63, 3.8) is 0 Å². The van der Waals surface area contributed by atoms with Crippen LogP contribution in [-0.4, -0.2) is 68.2 Å². The summed E-state index contributed by atoms with van der Waals surface area (Å²) in [5, 5.41) is 3.66. The molecule has 3 rings (SSSR count). The predicted molar refractivity (Wildman–Crippen MR) is 117 cm³/mol. The molecule has 1 aromatic rings. The van der Waals surface area contributed by atoms with Gasteiger partial charge in [-0.15, -0.1) is 0 Å². The van der Waals surface area contributed by atoms with Crippen molar-refractivity contribution in [1.29, 1.82) is 0 Å². The molecule has 5 heteroatoms. The molecule has 1 N–H and O–H groups in total. The highest BCUT2D eigenvalue weighted by molar-refractivity contribution is 5.80. The Bertz CT molecular complexity index is 596. The average molecular weight is 387 g/mol. The van der Waals surface area contributed by atoms with E-state index in [1.54, 1.807) is 0 Å². The first kappa shape index (κ1) is 21.0. The van der Waals surface area contributed by atoms with E-state index in [0.717, 1.165) is 56.0 Å². The first-order valence-corrected chi connectivity index (χ1v) is 11.0. The minimum Gasteiger partial charge on any atom is -0.490 e. The molecule has 156 valence electrons. The second-order valence-electron chi connectivity index (χ2n) is 8.71. The maximum Gasteiger partial charge on any atom is 0.193 e. The number of piperidine rings is 2. The van der Waals surface area contributed by atoms with Crippen LogP contribution in [0.2, 0.25) is 0 Å². The second-order valence-corrected chi connectivity index (χ2v) is 8.71. The van der Waals surface area contributed by atoms with Gasteiger partial charge in [-0.25, -0.2) is 0 Å². The van der Waals surface area contributed by atoms with Crippen molar-refractivity contribution < 1.29 is 4.74 Å². The van der Waals surface area contributed by atoms with E-state index in [-0.39, 0.29) is 0 Å². The van der Waals surface area contributed by atoms with Gasteiger partial charge >= 0.3 is 0 Å². The highest BCUT2D eigenvalue weighted by atomic mass is 16.5. The van der Waals surface area contributed by atoms with Crippen LogP contribution >= 0.6 is 0 Å². The number of guanidine groups is 1. The molecule has 2 saturated heterocycles. The predicted octanol–water partition coefficient (Wildman–Crippen LogP) is 3.47. The van der Waals surface area contributed by atoms with Crippen molar-refractivity contribution in [1.82, 2.24) is 15.1 Å². The lowest BCUT2D eigenvalue weighted by atomic mass is 9.97. The number of nitrogens with one attached hydrogen (secondary N) is 1. The first-order chi connectivity index (χ1) is 13.6. The highest BCUT2D eigenvalue weighted by Gasteiger charge is 2.24. The van der Waals surface area contributed by atoms with Crippen molar-refractivity contribution in [2.75, 3.05) is 46.3 Å². The van der Waals surface area contributed by atoms with E-state index >= 15 is 0 Å². The number of ether oxygens (including phenoxy) is 1. The van der Waals surface area contributed by atoms with Crippen LogP contribution in [-0.2, 0) is 0 Å². The van der Waals surface area contributed by atoms with Gasteiger partial charge in [0.1, 0.15) is 11.9 Å². The number of benzene rings is 1. The summed E-state index contributed by atoms with van der Waals surface area (Å²) in [5.41, 5.74) is 0. The number of nitrogens with zero attached hydrogens (tertiary/aromatic N) is 3. The van der Waals surface area contributed by atoms with E-state index in [0.29, 0.717) is 6.10 Å². The molecule has 2 aliphatic rings. The molecule has 0 aliphatic carbocycles. The van der Waals surface area contributed by atoms with E-state index in [1.807, 2.05) is 37.4 Å². The lowest BCUT2D eigenvalue weighted by molar-refractivity contribution is 0.128. The number of para-hydroxylation sites is 1. The molecule has 0 aromatic heterocycles. The first-order valence-electron chi connectivity index (χ1n) is 11.0. The molecule has 5 nitrogen and oxygen atoms in total. The van der Waals surface area contributed by atoms with E-state index < -0.39 is 0 Å². The Morgan fingerprint density at radius 3 is 2.57 bits per heavy atom. The monoisotopic (exact) mass is 386 g/mol. The Balaban J connectivity index is 1.41. The Kier molecular flexibility index (Phi) is 8.01. The van der Waals surface area contributed by atoms with Gasteiger partial charge in [-0.05, 0) is 43.4 Å². The number of aliphatic imine (C=N–C) groups is 1. The van der Waals surface area contributed by atoms with Crippen LogP contribution in [0.3, 0.4) is 0 Å². The SMILES string of the molecule is CN=C(NCC1CCCN(CC(C)C)C1)N1CCC(Oc2ccccc2)CC1. The van der Waals surface area contributed by atoms with Gasteiger partial charge in [0.05, 0.1) is 0 Å². The Morgan fingerprint density at radius 2 is 1.89 bits per heavy atom. The third-order valence-electron chi connectivity index (χ3n) is 5.77. The molecule has 1 atom stereocenters. The lowest BCUT2D eigenvalue weighted by Gasteiger charge is -2.36. The smallest absolute Gasteiger partial charge is 0.193 e. The fraction of sp³-hybridized carbons (Fsp3) is 0.696. The summed E-state index contributed by atoms with van der Waals surface area (Å²) >= 11 is 0. The highest BCUT2D eigenvalue weighted by Crippen LogP contribution is 2.20. The molecule has 1 aromatic carbocycles. The number of hydrogen-bond donors (Lipinski definition) is 1. The largest absolute Gasteiger partial charge is 0.490 e. The number of rotatable bonds is 6. The van der Waals surface area contributed by atoms with Crippen LogP contribution in [0.4, 0.5) is 0 Å². The van der Waals surface area contributed by atoms with E-state index in [9.17, 15) is 0 Å². The van der Waals surface area contributed by atoms with Crippen LogP contribution in [0.1, 0.15) is 39.5 Å². The minimum atomic E-state index is 0.305. The number of hydrogen-bond acceptors (Lipinski definition) is 3. The van der Waals surface area contributed by atoms with E-state index in [4.69, 9.17) is 4.74 Å². The summed E-state index contributed by atoms with van der Waals surface area (Å²) in [6, 6.07) is 10.2. The van der Waals surface area contributed by atoms with Gasteiger partial charge in [-0.1, -0.05) is 32.0 Å². The van der Waals surface area contributed by atoms with Crippen molar-refractivity contribution in [3.8, 4) is 5.75 Å². The second kappa shape index (κ2) is 10.7. The van der Waals surface area contributed by atoms with E-state index in [2.05, 4.69) is 34.0 Å². The number of likely N-dealkylation sites (tertiary alicyclic amines) is 2. The van der Waals surface area contributed by atoms with Crippen LogP contribution in [0.25, 0.3) is 0 Å². The van der Waals surface area contributed by atoms with Gasteiger partial charge < -0.3 is 19.9 Å². The minimum absolute atomic E-state index is 0.305. The van der Waals surface area contributed by atoms with Crippen LogP contribution < -0.4 is 10.1 Å². The molecule has 28 heavy (non-hydrogen) atoms. The van der Waals surface area contributed by atoms with Crippen molar-refractivity contribution in [2.24, 2.45) is 16.8 Å². The molecular formula is C23H38N4O. The Labute approximate surface area is 171 Å². The molecule has 0 amide bonds. The third kappa shape index (κ3) is 6.40. The molecule has 2 fully saturated rings. The van der Waals surface area contributed by atoms with Gasteiger partial charge in [0.15, 0.2) is 5.96 Å². The molecule has 0 radical (unpaired) electrons. The summed E-state index contributed by atoms with van der Waals surface area (Å²) in [5.74, 6) is 3.51. The molecule has 0 spiro atoms. The molecule has 0 saturated carbocycles. The maximum atomic E-state index is 6.12. The zero-order valence-electron chi connectivity index (χ0n) is 17.9. The van der Waals surface area contributed by atoms with Gasteiger partial charge in [-0.3, -0.25) is 4.99 Å². The quantitative estimate of drug-likeness (QED) is 0.600. The molecule has 2 aliphatic heterocycles. The average Bonchev–Trinajstić information content (AvgIpc) is 2.70. The fourth-order valence-corrected chi connectivity index (χ4v) is 4.44. The van der Waals surface area contributed by atoms with Crippen LogP contribution in [0, 0.1) is 11.8 Å². The maximum absolute atomic E-state index is 6.12. The van der Waals surface area contributed by atoms with Gasteiger partial charge in [0.25, 0.3) is 0 Å². The summed E-state index contributed by atoms with van der Waals surface area (Å²) in [7, 11) is 1.90. The van der Waals surface area contributed by atoms with Crippen molar-refractivity contribution >= 4 is 5.96 Å². The molecule has 2 heterocycles. The summed E-state index contributed by atoms with van der Waals surface area (Å²) in [6.07, 6.45) is 5.04. The normalized spacial score (nSPS) is 22.5. The molecule has 1 unspecified atom stereocenters. The Hall–Kier alpha value is -1.75. The van der Waals surface area contributed by atoms with Gasteiger partial charge in [-0.2, -0.15) is 0 Å². The summed E-state index contributed by atoms with van der Waals surface area (Å²) in [4.78, 5) is 9.57. The van der Waals surface area contributed by atoms with E-state index in [1.165, 1.54) is 32.5 Å². The summed E-state index contributed by atoms with van der Waals surface area (Å²) < 4.78 is 6.12. The van der Waals surface area contributed by atoms with Crippen LogP contribution in [0.15, 0.2) is 35.3 Å². The lowest BCUT2D eigenvalue weighted by Crippen LogP contribution is -2.49. The Morgan fingerprint density at radius 1 is 1.14 bits per heavy atom. The molecular weight excluding hydrogens is 348 g/mol. The summed E-state index contributed by atoms with van der Waals surface area (Å²) in [6.45, 7) is 11.4. The topological polar surface area (TPSA) is 40.1 Å². The van der Waals surface area contributed by atoms with Gasteiger partial charge in [0, 0.05) is 52.6 Å². The standard InChI is InChI=1S/C23H38N4O/c1-19(2)17-26-13-7-8-20(18-26)16-25-23(24-3)27-14-11-22(12-15-27)28-21-9-5-4-6-10-21/h4-6,9-10,19-20,22H,7-8,11-18H2,1-3H3,(H,24,25). The van der Waals surface area contributed by atoms with Crippen molar-refractivity contribution in [2.45, 2.75) is 45.6 Å².